The minimum Gasteiger partial charge on any atom is -0.481 e. The quantitative estimate of drug-likeness (QED) is 0.531. The molecule has 1 aliphatic carbocycles. The summed E-state index contributed by atoms with van der Waals surface area (Å²) in [5.74, 6) is -2.52. The number of aliphatic carboxylic acids is 1. The third-order valence-electron chi connectivity index (χ3n) is 3.68. The molecular formula is C13H22N2O5. The van der Waals surface area contributed by atoms with E-state index in [9.17, 15) is 14.4 Å². The molecule has 4 N–H and O–H groups in total. The summed E-state index contributed by atoms with van der Waals surface area (Å²) in [6, 6.07) is 0. The molecule has 1 aliphatic rings. The molecule has 7 nitrogen and oxygen atoms in total. The molecule has 0 aromatic heterocycles. The minimum atomic E-state index is -0.911. The predicted octanol–water partition coefficient (Wildman–Crippen LogP) is -0.258. The number of carboxylic acids is 1. The molecule has 0 heterocycles. The molecule has 0 aliphatic heterocycles. The standard InChI is InChI=1S/C13H22N2O5/c1-2-8-5-9(10(6-8)13(18)19)12(17)15-3-4-20-7-11(14)16/h8-10H,2-7H2,1H3,(H2,14,16)(H,15,17)(H,18,19). The van der Waals surface area contributed by atoms with Crippen LogP contribution in [0.4, 0.5) is 0 Å². The van der Waals surface area contributed by atoms with Crippen molar-refractivity contribution in [2.75, 3.05) is 19.8 Å². The number of nitrogens with two attached hydrogens (primary N) is 1. The van der Waals surface area contributed by atoms with Gasteiger partial charge in [-0.3, -0.25) is 14.4 Å². The second-order valence-corrected chi connectivity index (χ2v) is 5.11. The predicted molar refractivity (Wildman–Crippen MR) is 70.7 cm³/mol. The fourth-order valence-corrected chi connectivity index (χ4v) is 2.59. The number of carboxylic acid groups (broad SMARTS) is 1. The zero-order valence-electron chi connectivity index (χ0n) is 11.6. The van der Waals surface area contributed by atoms with Crippen LogP contribution in [0, 0.1) is 17.8 Å². The van der Waals surface area contributed by atoms with E-state index >= 15 is 0 Å². The van der Waals surface area contributed by atoms with Gasteiger partial charge in [0.25, 0.3) is 0 Å². The molecule has 0 radical (unpaired) electrons. The maximum atomic E-state index is 12.0. The number of nitrogens with one attached hydrogen (secondary N) is 1. The minimum absolute atomic E-state index is 0.177. The summed E-state index contributed by atoms with van der Waals surface area (Å²) in [4.78, 5) is 33.6. The van der Waals surface area contributed by atoms with E-state index in [1.165, 1.54) is 0 Å². The lowest BCUT2D eigenvalue weighted by molar-refractivity contribution is -0.146. The second kappa shape index (κ2) is 7.84. The molecule has 20 heavy (non-hydrogen) atoms. The van der Waals surface area contributed by atoms with E-state index in [0.717, 1.165) is 6.42 Å². The fourth-order valence-electron chi connectivity index (χ4n) is 2.59. The van der Waals surface area contributed by atoms with Crippen LogP contribution in [0.2, 0.25) is 0 Å². The number of amides is 2. The molecule has 0 aromatic carbocycles. The molecule has 0 saturated heterocycles. The van der Waals surface area contributed by atoms with Gasteiger partial charge in [0.2, 0.25) is 11.8 Å². The number of rotatable bonds is 8. The summed E-state index contributed by atoms with van der Waals surface area (Å²) in [5, 5.41) is 11.8. The molecule has 3 unspecified atom stereocenters. The summed E-state index contributed by atoms with van der Waals surface area (Å²) in [6.45, 7) is 2.23. The van der Waals surface area contributed by atoms with Crippen molar-refractivity contribution in [1.29, 1.82) is 0 Å². The Morgan fingerprint density at radius 2 is 1.95 bits per heavy atom. The highest BCUT2D eigenvalue weighted by atomic mass is 16.5. The Hall–Kier alpha value is -1.63. The summed E-state index contributed by atoms with van der Waals surface area (Å²) in [6.07, 6.45) is 2.05. The highest BCUT2D eigenvalue weighted by Gasteiger charge is 2.41. The molecule has 0 aromatic rings. The van der Waals surface area contributed by atoms with Crippen LogP contribution >= 0.6 is 0 Å². The van der Waals surface area contributed by atoms with Gasteiger partial charge in [-0.05, 0) is 18.8 Å². The van der Waals surface area contributed by atoms with Crippen LogP contribution in [0.15, 0.2) is 0 Å². The van der Waals surface area contributed by atoms with Gasteiger partial charge < -0.3 is 20.9 Å². The number of carbonyl (C=O) groups is 3. The van der Waals surface area contributed by atoms with E-state index in [-0.39, 0.29) is 31.6 Å². The van der Waals surface area contributed by atoms with Gasteiger partial charge in [0, 0.05) is 6.54 Å². The number of primary amides is 1. The van der Waals surface area contributed by atoms with Crippen molar-refractivity contribution in [3.8, 4) is 0 Å². The van der Waals surface area contributed by atoms with Crippen LogP contribution in [0.5, 0.6) is 0 Å². The highest BCUT2D eigenvalue weighted by Crippen LogP contribution is 2.38. The third-order valence-corrected chi connectivity index (χ3v) is 3.68. The lowest BCUT2D eigenvalue weighted by Crippen LogP contribution is -2.37. The van der Waals surface area contributed by atoms with E-state index < -0.39 is 23.7 Å². The van der Waals surface area contributed by atoms with Crippen LogP contribution < -0.4 is 11.1 Å². The summed E-state index contributed by atoms with van der Waals surface area (Å²) in [7, 11) is 0. The van der Waals surface area contributed by atoms with E-state index in [1.54, 1.807) is 0 Å². The Labute approximate surface area is 117 Å². The first-order valence-electron chi connectivity index (χ1n) is 6.82. The van der Waals surface area contributed by atoms with Gasteiger partial charge in [-0.2, -0.15) is 0 Å². The normalized spacial score (nSPS) is 25.4. The highest BCUT2D eigenvalue weighted by molar-refractivity contribution is 5.85. The van der Waals surface area contributed by atoms with Crippen molar-refractivity contribution < 1.29 is 24.2 Å². The van der Waals surface area contributed by atoms with E-state index in [0.29, 0.717) is 12.8 Å². The van der Waals surface area contributed by atoms with Gasteiger partial charge in [0.05, 0.1) is 18.4 Å². The van der Waals surface area contributed by atoms with Gasteiger partial charge in [0.1, 0.15) is 6.61 Å². The van der Waals surface area contributed by atoms with Gasteiger partial charge in [-0.25, -0.2) is 0 Å². The molecule has 2 amide bonds. The van der Waals surface area contributed by atoms with E-state index in [4.69, 9.17) is 15.6 Å². The van der Waals surface area contributed by atoms with E-state index in [2.05, 4.69) is 5.32 Å². The smallest absolute Gasteiger partial charge is 0.307 e. The van der Waals surface area contributed by atoms with Crippen molar-refractivity contribution in [1.82, 2.24) is 5.32 Å². The topological polar surface area (TPSA) is 119 Å². The Morgan fingerprint density at radius 1 is 1.30 bits per heavy atom. The number of ether oxygens (including phenoxy) is 1. The van der Waals surface area contributed by atoms with Crippen LogP contribution in [-0.2, 0) is 19.1 Å². The second-order valence-electron chi connectivity index (χ2n) is 5.11. The monoisotopic (exact) mass is 286 g/mol. The third kappa shape index (κ3) is 4.80. The Kier molecular flexibility index (Phi) is 6.44. The molecule has 0 spiro atoms. The lowest BCUT2D eigenvalue weighted by atomic mass is 9.95. The average Bonchev–Trinajstić information content (AvgIpc) is 2.82. The van der Waals surface area contributed by atoms with Crippen molar-refractivity contribution in [3.63, 3.8) is 0 Å². The number of hydrogen-bond acceptors (Lipinski definition) is 4. The maximum Gasteiger partial charge on any atom is 0.307 e. The van der Waals surface area contributed by atoms with Crippen molar-refractivity contribution in [2.24, 2.45) is 23.5 Å². The van der Waals surface area contributed by atoms with Crippen LogP contribution in [0.1, 0.15) is 26.2 Å². The van der Waals surface area contributed by atoms with Crippen LogP contribution in [0.3, 0.4) is 0 Å². The molecule has 114 valence electrons. The van der Waals surface area contributed by atoms with Gasteiger partial charge >= 0.3 is 5.97 Å². The van der Waals surface area contributed by atoms with Crippen molar-refractivity contribution in [2.45, 2.75) is 26.2 Å². The first-order chi connectivity index (χ1) is 9.45. The molecule has 7 heteroatoms. The van der Waals surface area contributed by atoms with Crippen molar-refractivity contribution in [3.05, 3.63) is 0 Å². The van der Waals surface area contributed by atoms with Gasteiger partial charge in [-0.1, -0.05) is 13.3 Å². The summed E-state index contributed by atoms with van der Waals surface area (Å²) < 4.78 is 4.92. The van der Waals surface area contributed by atoms with Gasteiger partial charge in [-0.15, -0.1) is 0 Å². The zero-order valence-corrected chi connectivity index (χ0v) is 11.6. The Bertz CT molecular complexity index is 372. The van der Waals surface area contributed by atoms with E-state index in [1.807, 2.05) is 6.92 Å². The Morgan fingerprint density at radius 3 is 2.50 bits per heavy atom. The SMILES string of the molecule is CCC1CC(C(=O)O)C(C(=O)NCCOCC(N)=O)C1. The molecule has 1 fully saturated rings. The zero-order chi connectivity index (χ0) is 15.1. The number of carbonyl (C=O) groups excluding carboxylic acids is 2. The van der Waals surface area contributed by atoms with Crippen molar-refractivity contribution >= 4 is 17.8 Å². The van der Waals surface area contributed by atoms with Gasteiger partial charge in [0.15, 0.2) is 0 Å². The molecule has 3 atom stereocenters. The first-order valence-corrected chi connectivity index (χ1v) is 6.82. The molecule has 1 rings (SSSR count). The Balaban J connectivity index is 2.37. The molecular weight excluding hydrogens is 264 g/mol. The molecule has 0 bridgehead atoms. The fraction of sp³-hybridized carbons (Fsp3) is 0.769. The summed E-state index contributed by atoms with van der Waals surface area (Å²) >= 11 is 0. The molecule has 1 saturated carbocycles. The first kappa shape index (κ1) is 16.4. The van der Waals surface area contributed by atoms with Crippen LogP contribution in [-0.4, -0.2) is 42.6 Å². The van der Waals surface area contributed by atoms with Crippen LogP contribution in [0.25, 0.3) is 0 Å². The largest absolute Gasteiger partial charge is 0.481 e. The number of hydrogen-bond donors (Lipinski definition) is 3. The summed E-state index contributed by atoms with van der Waals surface area (Å²) in [5.41, 5.74) is 4.90. The lowest BCUT2D eigenvalue weighted by Gasteiger charge is -2.15. The maximum absolute atomic E-state index is 12.0. The average molecular weight is 286 g/mol.